The Bertz CT molecular complexity index is 205. The van der Waals surface area contributed by atoms with Crippen molar-refractivity contribution in [3.05, 3.63) is 0 Å². The number of rotatable bonds is 1. The Morgan fingerprint density at radius 1 is 1.07 bits per heavy atom. The van der Waals surface area contributed by atoms with Crippen molar-refractivity contribution < 1.29 is 0 Å². The summed E-state index contributed by atoms with van der Waals surface area (Å²) in [6.07, 6.45) is 2.79. The first-order chi connectivity index (χ1) is 7.16. The Hall–Kier alpha value is -0.0800. The van der Waals surface area contributed by atoms with Crippen LogP contribution in [-0.2, 0) is 0 Å². The summed E-state index contributed by atoms with van der Waals surface area (Å²) in [6, 6.07) is 0.809. The average molecular weight is 210 g/mol. The third-order valence-electron chi connectivity index (χ3n) is 4.43. The molecule has 2 nitrogen and oxygen atoms in total. The molecule has 0 aliphatic carbocycles. The highest BCUT2D eigenvalue weighted by atomic mass is 15.2. The van der Waals surface area contributed by atoms with Crippen molar-refractivity contribution in [1.29, 1.82) is 0 Å². The minimum atomic E-state index is 0.809. The van der Waals surface area contributed by atoms with Gasteiger partial charge >= 0.3 is 0 Å². The summed E-state index contributed by atoms with van der Waals surface area (Å²) in [5, 5.41) is 3.57. The predicted molar refractivity (Wildman–Crippen MR) is 65.0 cm³/mol. The quantitative estimate of drug-likeness (QED) is 0.712. The first-order valence-electron chi connectivity index (χ1n) is 6.61. The fourth-order valence-corrected chi connectivity index (χ4v) is 3.03. The van der Waals surface area contributed by atoms with E-state index in [4.69, 9.17) is 0 Å². The minimum Gasteiger partial charge on any atom is -0.315 e. The van der Waals surface area contributed by atoms with Crippen LogP contribution in [0.1, 0.15) is 33.6 Å². The van der Waals surface area contributed by atoms with Crippen LogP contribution in [0.3, 0.4) is 0 Å². The van der Waals surface area contributed by atoms with E-state index in [0.717, 1.165) is 23.8 Å². The van der Waals surface area contributed by atoms with E-state index in [0.29, 0.717) is 0 Å². The molecule has 15 heavy (non-hydrogen) atoms. The molecule has 88 valence electrons. The van der Waals surface area contributed by atoms with Crippen LogP contribution < -0.4 is 5.32 Å². The second-order valence-electron chi connectivity index (χ2n) is 5.89. The molecule has 4 unspecified atom stereocenters. The Balaban J connectivity index is 1.87. The lowest BCUT2D eigenvalue weighted by molar-refractivity contribution is 0.0728. The lowest BCUT2D eigenvalue weighted by Crippen LogP contribution is -2.52. The van der Waals surface area contributed by atoms with Crippen molar-refractivity contribution in [1.82, 2.24) is 10.2 Å². The normalized spacial score (nSPS) is 44.2. The first kappa shape index (κ1) is 11.4. The maximum Gasteiger partial charge on any atom is 0.0223 e. The van der Waals surface area contributed by atoms with Crippen molar-refractivity contribution in [3.8, 4) is 0 Å². The van der Waals surface area contributed by atoms with Gasteiger partial charge in [-0.25, -0.2) is 0 Å². The zero-order valence-electron chi connectivity index (χ0n) is 10.5. The van der Waals surface area contributed by atoms with E-state index in [9.17, 15) is 0 Å². The Kier molecular flexibility index (Phi) is 3.68. The van der Waals surface area contributed by atoms with Gasteiger partial charge in [0.15, 0.2) is 0 Å². The molecule has 2 rings (SSSR count). The van der Waals surface area contributed by atoms with Crippen LogP contribution in [0.25, 0.3) is 0 Å². The molecule has 2 heteroatoms. The van der Waals surface area contributed by atoms with Gasteiger partial charge in [0.2, 0.25) is 0 Å². The molecule has 2 aliphatic heterocycles. The van der Waals surface area contributed by atoms with Gasteiger partial charge in [0.05, 0.1) is 0 Å². The van der Waals surface area contributed by atoms with E-state index < -0.39 is 0 Å². The molecule has 2 aliphatic rings. The standard InChI is InChI=1S/C13H26N2/c1-10-6-13(8-14-7-10)15-5-4-11(2)12(3)9-15/h10-14H,4-9H2,1-3H3. The van der Waals surface area contributed by atoms with Crippen molar-refractivity contribution in [3.63, 3.8) is 0 Å². The van der Waals surface area contributed by atoms with Gasteiger partial charge < -0.3 is 5.32 Å². The van der Waals surface area contributed by atoms with Gasteiger partial charge in [-0.3, -0.25) is 4.90 Å². The lowest BCUT2D eigenvalue weighted by atomic mass is 9.86. The van der Waals surface area contributed by atoms with Crippen LogP contribution in [0, 0.1) is 17.8 Å². The van der Waals surface area contributed by atoms with Crippen molar-refractivity contribution in [2.24, 2.45) is 17.8 Å². The van der Waals surface area contributed by atoms with E-state index in [-0.39, 0.29) is 0 Å². The highest BCUT2D eigenvalue weighted by Gasteiger charge is 2.29. The lowest BCUT2D eigenvalue weighted by Gasteiger charge is -2.43. The van der Waals surface area contributed by atoms with Crippen LogP contribution in [0.15, 0.2) is 0 Å². The van der Waals surface area contributed by atoms with Crippen LogP contribution in [-0.4, -0.2) is 37.1 Å². The second kappa shape index (κ2) is 4.84. The number of piperidine rings is 2. The Morgan fingerprint density at radius 3 is 2.53 bits per heavy atom. The third-order valence-corrected chi connectivity index (χ3v) is 4.43. The Morgan fingerprint density at radius 2 is 1.87 bits per heavy atom. The van der Waals surface area contributed by atoms with Gasteiger partial charge in [0, 0.05) is 19.1 Å². The molecular weight excluding hydrogens is 184 g/mol. The summed E-state index contributed by atoms with van der Waals surface area (Å²) in [7, 11) is 0. The molecular formula is C13H26N2. The van der Waals surface area contributed by atoms with E-state index in [1.807, 2.05) is 0 Å². The molecule has 2 fully saturated rings. The molecule has 0 amide bonds. The van der Waals surface area contributed by atoms with E-state index in [2.05, 4.69) is 31.0 Å². The minimum absolute atomic E-state index is 0.809. The molecule has 2 saturated heterocycles. The number of hydrogen-bond donors (Lipinski definition) is 1. The largest absolute Gasteiger partial charge is 0.315 e. The van der Waals surface area contributed by atoms with Gasteiger partial charge in [-0.2, -0.15) is 0 Å². The second-order valence-corrected chi connectivity index (χ2v) is 5.89. The van der Waals surface area contributed by atoms with E-state index >= 15 is 0 Å². The number of likely N-dealkylation sites (tertiary alicyclic amines) is 1. The summed E-state index contributed by atoms with van der Waals surface area (Å²) in [6.45, 7) is 12.3. The highest BCUT2D eigenvalue weighted by molar-refractivity contribution is 4.85. The molecule has 0 saturated carbocycles. The molecule has 0 aromatic rings. The molecule has 0 aromatic carbocycles. The van der Waals surface area contributed by atoms with Gasteiger partial charge in [-0.15, -0.1) is 0 Å². The summed E-state index contributed by atoms with van der Waals surface area (Å²) < 4.78 is 0. The third kappa shape index (κ3) is 2.73. The van der Waals surface area contributed by atoms with E-state index in [1.165, 1.54) is 39.0 Å². The topological polar surface area (TPSA) is 15.3 Å². The van der Waals surface area contributed by atoms with Crippen LogP contribution in [0.2, 0.25) is 0 Å². The summed E-state index contributed by atoms with van der Waals surface area (Å²) in [5.74, 6) is 2.67. The molecule has 0 radical (unpaired) electrons. The summed E-state index contributed by atoms with van der Waals surface area (Å²) in [5.41, 5.74) is 0. The van der Waals surface area contributed by atoms with Crippen LogP contribution in [0.5, 0.6) is 0 Å². The maximum absolute atomic E-state index is 3.57. The van der Waals surface area contributed by atoms with Gasteiger partial charge in [-0.1, -0.05) is 20.8 Å². The molecule has 0 bridgehead atoms. The number of nitrogens with one attached hydrogen (secondary N) is 1. The SMILES string of the molecule is CC1CNCC(N2CCC(C)C(C)C2)C1. The zero-order chi connectivity index (χ0) is 10.8. The summed E-state index contributed by atoms with van der Waals surface area (Å²) in [4.78, 5) is 2.73. The van der Waals surface area contributed by atoms with Gasteiger partial charge in [-0.05, 0) is 43.7 Å². The maximum atomic E-state index is 3.57. The fraction of sp³-hybridized carbons (Fsp3) is 1.00. The number of nitrogens with zero attached hydrogens (tertiary/aromatic N) is 1. The molecule has 0 aromatic heterocycles. The van der Waals surface area contributed by atoms with E-state index in [1.54, 1.807) is 0 Å². The molecule has 1 N–H and O–H groups in total. The van der Waals surface area contributed by atoms with Crippen LogP contribution >= 0.6 is 0 Å². The van der Waals surface area contributed by atoms with Gasteiger partial charge in [0.1, 0.15) is 0 Å². The molecule has 0 spiro atoms. The number of hydrogen-bond acceptors (Lipinski definition) is 2. The highest BCUT2D eigenvalue weighted by Crippen LogP contribution is 2.26. The van der Waals surface area contributed by atoms with Crippen molar-refractivity contribution in [2.75, 3.05) is 26.2 Å². The smallest absolute Gasteiger partial charge is 0.0223 e. The van der Waals surface area contributed by atoms with Crippen molar-refractivity contribution >= 4 is 0 Å². The zero-order valence-corrected chi connectivity index (χ0v) is 10.5. The molecule has 4 atom stereocenters. The van der Waals surface area contributed by atoms with Gasteiger partial charge in [0.25, 0.3) is 0 Å². The molecule has 2 heterocycles. The van der Waals surface area contributed by atoms with Crippen LogP contribution in [0.4, 0.5) is 0 Å². The monoisotopic (exact) mass is 210 g/mol. The Labute approximate surface area is 94.4 Å². The average Bonchev–Trinajstić information content (AvgIpc) is 2.22. The first-order valence-corrected chi connectivity index (χ1v) is 6.61. The summed E-state index contributed by atoms with van der Waals surface area (Å²) >= 11 is 0. The van der Waals surface area contributed by atoms with Crippen molar-refractivity contribution in [2.45, 2.75) is 39.7 Å². The fourth-order valence-electron chi connectivity index (χ4n) is 3.03. The predicted octanol–water partition coefficient (Wildman–Crippen LogP) is 1.96.